The van der Waals surface area contributed by atoms with Crippen molar-refractivity contribution in [2.45, 2.75) is 19.8 Å². The molecular weight excluding hydrogens is 261 g/mol. The van der Waals surface area contributed by atoms with Gasteiger partial charge in [0.2, 0.25) is 0 Å². The van der Waals surface area contributed by atoms with Gasteiger partial charge in [0.15, 0.2) is 0 Å². The van der Waals surface area contributed by atoms with E-state index in [1.807, 2.05) is 12.1 Å². The Morgan fingerprint density at radius 3 is 2.79 bits per heavy atom. The van der Waals surface area contributed by atoms with Crippen LogP contribution in [0.25, 0.3) is 0 Å². The maximum atomic E-state index is 6.09. The second-order valence-electron chi connectivity index (χ2n) is 3.62. The van der Waals surface area contributed by atoms with E-state index in [-0.39, 0.29) is 0 Å². The molecule has 0 aliphatic heterocycles. The molecule has 0 heterocycles. The highest BCUT2D eigenvalue weighted by atomic mass is 79.9. The molecule has 0 amide bonds. The minimum absolute atomic E-state index is 0.565. The zero-order valence-corrected chi connectivity index (χ0v) is 10.6. The fourth-order valence-electron chi connectivity index (χ4n) is 1.24. The van der Waals surface area contributed by atoms with E-state index in [0.29, 0.717) is 5.92 Å². The van der Waals surface area contributed by atoms with Gasteiger partial charge in [-0.2, -0.15) is 0 Å². The molecule has 2 N–H and O–H groups in total. The van der Waals surface area contributed by atoms with E-state index in [0.717, 1.165) is 28.9 Å². The van der Waals surface area contributed by atoms with Gasteiger partial charge >= 0.3 is 0 Å². The number of hydrogen-bond acceptors (Lipinski definition) is 1. The molecule has 0 aliphatic carbocycles. The zero-order valence-electron chi connectivity index (χ0n) is 8.26. The van der Waals surface area contributed by atoms with Crippen molar-refractivity contribution in [3.63, 3.8) is 0 Å². The molecule has 0 saturated carbocycles. The molecule has 0 bridgehead atoms. The number of halogens is 2. The Labute approximate surface area is 98.8 Å². The summed E-state index contributed by atoms with van der Waals surface area (Å²) in [5.41, 5.74) is 6.76. The first kappa shape index (κ1) is 12.0. The molecule has 3 heteroatoms. The molecule has 14 heavy (non-hydrogen) atoms. The average molecular weight is 277 g/mol. The molecule has 78 valence electrons. The van der Waals surface area contributed by atoms with E-state index in [4.69, 9.17) is 17.3 Å². The number of nitrogens with two attached hydrogens (primary N) is 1. The molecular formula is C11H15BrClN. The van der Waals surface area contributed by atoms with Crippen molar-refractivity contribution in [2.24, 2.45) is 11.7 Å². The summed E-state index contributed by atoms with van der Waals surface area (Å²) in [6.07, 6.45) is 2.10. The fraction of sp³-hybridized carbons (Fsp3) is 0.455. The Morgan fingerprint density at radius 2 is 2.21 bits per heavy atom. The summed E-state index contributed by atoms with van der Waals surface area (Å²) >= 11 is 9.48. The van der Waals surface area contributed by atoms with Crippen molar-refractivity contribution >= 4 is 27.5 Å². The molecule has 0 fully saturated rings. The smallest absolute Gasteiger partial charge is 0.0449 e. The van der Waals surface area contributed by atoms with Crippen molar-refractivity contribution in [1.29, 1.82) is 0 Å². The van der Waals surface area contributed by atoms with Crippen molar-refractivity contribution in [3.05, 3.63) is 33.3 Å². The van der Waals surface area contributed by atoms with Crippen LogP contribution in [0.1, 0.15) is 18.9 Å². The Kier molecular flexibility index (Phi) is 4.93. The Hall–Kier alpha value is -0.0500. The summed E-state index contributed by atoms with van der Waals surface area (Å²) in [7, 11) is 0. The molecule has 1 unspecified atom stereocenters. The van der Waals surface area contributed by atoms with Gasteiger partial charge in [-0.05, 0) is 43.0 Å². The standard InChI is InChI=1S/C11H15BrClN/c1-8(7-14)2-3-9-4-5-10(12)6-11(9)13/h4-6,8H,2-3,7,14H2,1H3. The first-order chi connectivity index (χ1) is 6.63. The van der Waals surface area contributed by atoms with Gasteiger partial charge in [-0.1, -0.05) is 40.5 Å². The van der Waals surface area contributed by atoms with E-state index >= 15 is 0 Å². The fourth-order valence-corrected chi connectivity index (χ4v) is 2.01. The number of hydrogen-bond donors (Lipinski definition) is 1. The Bertz CT molecular complexity index is 301. The Morgan fingerprint density at radius 1 is 1.50 bits per heavy atom. The minimum Gasteiger partial charge on any atom is -0.330 e. The predicted molar refractivity (Wildman–Crippen MR) is 65.7 cm³/mol. The van der Waals surface area contributed by atoms with Crippen molar-refractivity contribution < 1.29 is 0 Å². The highest BCUT2D eigenvalue weighted by molar-refractivity contribution is 9.10. The molecule has 0 saturated heterocycles. The predicted octanol–water partition coefficient (Wildman–Crippen LogP) is 3.63. The molecule has 1 nitrogen and oxygen atoms in total. The SMILES string of the molecule is CC(CN)CCc1ccc(Br)cc1Cl. The molecule has 1 rings (SSSR count). The van der Waals surface area contributed by atoms with E-state index in [2.05, 4.69) is 28.9 Å². The van der Waals surface area contributed by atoms with Crippen LogP contribution in [-0.2, 0) is 6.42 Å². The third kappa shape index (κ3) is 3.60. The van der Waals surface area contributed by atoms with Gasteiger partial charge in [-0.3, -0.25) is 0 Å². The van der Waals surface area contributed by atoms with Crippen LogP contribution in [0.15, 0.2) is 22.7 Å². The molecule has 1 atom stereocenters. The van der Waals surface area contributed by atoms with Gasteiger partial charge in [-0.15, -0.1) is 0 Å². The van der Waals surface area contributed by atoms with Crippen LogP contribution in [-0.4, -0.2) is 6.54 Å². The normalized spacial score (nSPS) is 12.9. The summed E-state index contributed by atoms with van der Waals surface area (Å²) in [6.45, 7) is 2.90. The van der Waals surface area contributed by atoms with Gasteiger partial charge in [0.25, 0.3) is 0 Å². The van der Waals surface area contributed by atoms with Crippen LogP contribution in [0.5, 0.6) is 0 Å². The third-order valence-electron chi connectivity index (χ3n) is 2.32. The van der Waals surface area contributed by atoms with Crippen LogP contribution in [0.4, 0.5) is 0 Å². The summed E-state index contributed by atoms with van der Waals surface area (Å²) in [6, 6.07) is 6.02. The molecule has 0 aliphatic rings. The zero-order chi connectivity index (χ0) is 10.6. The van der Waals surface area contributed by atoms with Crippen LogP contribution in [0.3, 0.4) is 0 Å². The molecule has 1 aromatic rings. The van der Waals surface area contributed by atoms with Crippen LogP contribution >= 0.6 is 27.5 Å². The second-order valence-corrected chi connectivity index (χ2v) is 4.94. The lowest BCUT2D eigenvalue weighted by atomic mass is 10.0. The maximum absolute atomic E-state index is 6.09. The minimum atomic E-state index is 0.565. The highest BCUT2D eigenvalue weighted by Crippen LogP contribution is 2.23. The first-order valence-corrected chi connectivity index (χ1v) is 5.94. The summed E-state index contributed by atoms with van der Waals surface area (Å²) < 4.78 is 1.03. The van der Waals surface area contributed by atoms with Crippen molar-refractivity contribution in [3.8, 4) is 0 Å². The van der Waals surface area contributed by atoms with Crippen molar-refractivity contribution in [2.75, 3.05) is 6.54 Å². The van der Waals surface area contributed by atoms with E-state index in [9.17, 15) is 0 Å². The van der Waals surface area contributed by atoms with Crippen LogP contribution in [0.2, 0.25) is 5.02 Å². The lowest BCUT2D eigenvalue weighted by Gasteiger charge is -2.09. The summed E-state index contributed by atoms with van der Waals surface area (Å²) in [5.74, 6) is 0.565. The van der Waals surface area contributed by atoms with Crippen LogP contribution < -0.4 is 5.73 Å². The van der Waals surface area contributed by atoms with E-state index in [1.165, 1.54) is 5.56 Å². The van der Waals surface area contributed by atoms with E-state index < -0.39 is 0 Å². The van der Waals surface area contributed by atoms with E-state index in [1.54, 1.807) is 0 Å². The number of aryl methyl sites for hydroxylation is 1. The first-order valence-electron chi connectivity index (χ1n) is 4.77. The monoisotopic (exact) mass is 275 g/mol. The third-order valence-corrected chi connectivity index (χ3v) is 3.17. The molecule has 0 radical (unpaired) electrons. The van der Waals surface area contributed by atoms with Gasteiger partial charge in [0.1, 0.15) is 0 Å². The van der Waals surface area contributed by atoms with Crippen molar-refractivity contribution in [1.82, 2.24) is 0 Å². The number of benzene rings is 1. The van der Waals surface area contributed by atoms with Gasteiger partial charge in [0.05, 0.1) is 0 Å². The second kappa shape index (κ2) is 5.74. The lowest BCUT2D eigenvalue weighted by Crippen LogP contribution is -2.11. The average Bonchev–Trinajstić information content (AvgIpc) is 2.16. The Balaban J connectivity index is 2.59. The quantitative estimate of drug-likeness (QED) is 0.893. The summed E-state index contributed by atoms with van der Waals surface area (Å²) in [4.78, 5) is 0. The van der Waals surface area contributed by atoms with Gasteiger partial charge in [0, 0.05) is 9.50 Å². The molecule has 1 aromatic carbocycles. The topological polar surface area (TPSA) is 26.0 Å². The molecule has 0 aromatic heterocycles. The van der Waals surface area contributed by atoms with Crippen LogP contribution in [0, 0.1) is 5.92 Å². The van der Waals surface area contributed by atoms with Gasteiger partial charge in [-0.25, -0.2) is 0 Å². The maximum Gasteiger partial charge on any atom is 0.0449 e. The van der Waals surface area contributed by atoms with Gasteiger partial charge < -0.3 is 5.73 Å². The lowest BCUT2D eigenvalue weighted by molar-refractivity contribution is 0.545. The highest BCUT2D eigenvalue weighted by Gasteiger charge is 2.04. The molecule has 0 spiro atoms. The number of rotatable bonds is 4. The summed E-state index contributed by atoms with van der Waals surface area (Å²) in [5, 5.41) is 0.837. The largest absolute Gasteiger partial charge is 0.330 e.